The average Bonchev–Trinajstić information content (AvgIpc) is 2.27. The molecular formula is C11H10ClNO3. The summed E-state index contributed by atoms with van der Waals surface area (Å²) in [5.41, 5.74) is 0.364. The zero-order valence-corrected chi connectivity index (χ0v) is 9.40. The van der Waals surface area contributed by atoms with E-state index < -0.39 is 0 Å². The summed E-state index contributed by atoms with van der Waals surface area (Å²) in [6.07, 6.45) is 3.58. The Labute approximate surface area is 97.9 Å². The molecule has 0 aliphatic heterocycles. The summed E-state index contributed by atoms with van der Waals surface area (Å²) < 4.78 is 4.57. The molecule has 1 aromatic rings. The summed E-state index contributed by atoms with van der Waals surface area (Å²) in [4.78, 5) is 26.5. The molecule has 0 bridgehead atoms. The third kappa shape index (κ3) is 3.82. The van der Waals surface area contributed by atoms with Crippen LogP contribution in [0.25, 0.3) is 0 Å². The van der Waals surface area contributed by atoms with Gasteiger partial charge in [0.05, 0.1) is 19.8 Å². The number of nitrogens with zero attached hydrogens (tertiary/aromatic N) is 1. The number of ether oxygens (including phenoxy) is 1. The van der Waals surface area contributed by atoms with Gasteiger partial charge in [-0.3, -0.25) is 9.59 Å². The fourth-order valence-corrected chi connectivity index (χ4v) is 1.12. The third-order valence-corrected chi connectivity index (χ3v) is 2.00. The Balaban J connectivity index is 2.62. The second-order valence-corrected chi connectivity index (χ2v) is 3.36. The fraction of sp³-hybridized carbons (Fsp3) is 0.182. The van der Waals surface area contributed by atoms with Gasteiger partial charge in [-0.15, -0.1) is 0 Å². The number of hydrogen-bond donors (Lipinski definition) is 0. The maximum Gasteiger partial charge on any atom is 0.172 e. The number of methoxy groups -OCH3 is 1. The molecule has 0 aliphatic carbocycles. The Hall–Kier alpha value is -1.68. The second kappa shape index (κ2) is 6.02. The third-order valence-electron chi connectivity index (χ3n) is 1.77. The van der Waals surface area contributed by atoms with Crippen molar-refractivity contribution >= 4 is 23.2 Å². The number of ketones is 2. The molecule has 4 nitrogen and oxygen atoms in total. The molecule has 0 saturated carbocycles. The summed E-state index contributed by atoms with van der Waals surface area (Å²) >= 11 is 5.57. The van der Waals surface area contributed by atoms with Gasteiger partial charge < -0.3 is 4.74 Å². The minimum Gasteiger partial charge on any atom is -0.504 e. The van der Waals surface area contributed by atoms with Crippen LogP contribution < -0.4 is 0 Å². The molecule has 1 rings (SSSR count). The van der Waals surface area contributed by atoms with Gasteiger partial charge in [0, 0.05) is 17.8 Å². The number of aromatic nitrogens is 1. The van der Waals surface area contributed by atoms with Crippen LogP contribution in [0.15, 0.2) is 30.7 Å². The van der Waals surface area contributed by atoms with Gasteiger partial charge in [-0.05, 0) is 12.1 Å². The van der Waals surface area contributed by atoms with Gasteiger partial charge in [0.1, 0.15) is 5.15 Å². The summed E-state index contributed by atoms with van der Waals surface area (Å²) in [5.74, 6) is -0.614. The molecule has 0 saturated heterocycles. The molecule has 0 aromatic carbocycles. The molecule has 0 aliphatic rings. The van der Waals surface area contributed by atoms with Gasteiger partial charge >= 0.3 is 0 Å². The first-order valence-corrected chi connectivity index (χ1v) is 4.88. The molecule has 0 fully saturated rings. The van der Waals surface area contributed by atoms with Crippen molar-refractivity contribution in [1.29, 1.82) is 0 Å². The number of halogens is 1. The lowest BCUT2D eigenvalue weighted by Gasteiger charge is -1.97. The van der Waals surface area contributed by atoms with Crippen LogP contribution in [0.2, 0.25) is 5.15 Å². The van der Waals surface area contributed by atoms with E-state index in [1.807, 2.05) is 0 Å². The maximum atomic E-state index is 11.6. The first-order valence-electron chi connectivity index (χ1n) is 4.50. The van der Waals surface area contributed by atoms with Crippen molar-refractivity contribution in [2.75, 3.05) is 7.11 Å². The molecule has 0 radical (unpaired) electrons. The van der Waals surface area contributed by atoms with Crippen LogP contribution in [0.5, 0.6) is 0 Å². The Morgan fingerprint density at radius 2 is 2.25 bits per heavy atom. The molecule has 0 amide bonds. The predicted octanol–water partition coefficient (Wildman–Crippen LogP) is 2.04. The number of carbonyl (C=O) groups excluding carboxylic acids is 2. The number of pyridine rings is 1. The zero-order valence-electron chi connectivity index (χ0n) is 8.64. The van der Waals surface area contributed by atoms with E-state index >= 15 is 0 Å². The van der Waals surface area contributed by atoms with E-state index in [0.29, 0.717) is 10.7 Å². The Bertz CT molecular complexity index is 412. The van der Waals surface area contributed by atoms with Gasteiger partial charge in [-0.1, -0.05) is 11.6 Å². The quantitative estimate of drug-likeness (QED) is 0.259. The molecule has 0 atom stereocenters. The van der Waals surface area contributed by atoms with Crippen molar-refractivity contribution < 1.29 is 14.3 Å². The zero-order chi connectivity index (χ0) is 12.0. The van der Waals surface area contributed by atoms with Gasteiger partial charge in [0.15, 0.2) is 11.6 Å². The number of Topliss-reactive ketones (excluding diaryl/α,β-unsaturated/α-hetero) is 1. The van der Waals surface area contributed by atoms with E-state index in [0.717, 1.165) is 0 Å². The average molecular weight is 240 g/mol. The van der Waals surface area contributed by atoms with Crippen LogP contribution in [-0.4, -0.2) is 23.7 Å². The molecule has 84 valence electrons. The minimum atomic E-state index is -0.318. The first-order chi connectivity index (χ1) is 7.63. The van der Waals surface area contributed by atoms with Crippen LogP contribution >= 0.6 is 11.6 Å². The Morgan fingerprint density at radius 1 is 1.50 bits per heavy atom. The van der Waals surface area contributed by atoms with Gasteiger partial charge in [0.2, 0.25) is 0 Å². The van der Waals surface area contributed by atoms with E-state index in [-0.39, 0.29) is 18.0 Å². The van der Waals surface area contributed by atoms with Crippen molar-refractivity contribution in [2.24, 2.45) is 0 Å². The van der Waals surface area contributed by atoms with E-state index in [2.05, 4.69) is 9.72 Å². The number of hydrogen-bond acceptors (Lipinski definition) is 4. The molecule has 0 unspecified atom stereocenters. The SMILES string of the molecule is COC=CC(=O)CC(=O)c1ccc(Cl)nc1. The van der Waals surface area contributed by atoms with Crippen molar-refractivity contribution in [3.05, 3.63) is 41.4 Å². The lowest BCUT2D eigenvalue weighted by Crippen LogP contribution is -2.06. The van der Waals surface area contributed by atoms with Gasteiger partial charge in [0.25, 0.3) is 0 Å². The van der Waals surface area contributed by atoms with Crippen LogP contribution in [0.3, 0.4) is 0 Å². The topological polar surface area (TPSA) is 56.3 Å². The van der Waals surface area contributed by atoms with E-state index in [9.17, 15) is 9.59 Å². The molecule has 0 spiro atoms. The first kappa shape index (κ1) is 12.4. The van der Waals surface area contributed by atoms with Crippen molar-refractivity contribution in [3.8, 4) is 0 Å². The van der Waals surface area contributed by atoms with E-state index in [4.69, 9.17) is 11.6 Å². The molecule has 1 aromatic heterocycles. The van der Waals surface area contributed by atoms with E-state index in [1.54, 1.807) is 0 Å². The molecule has 0 N–H and O–H groups in total. The second-order valence-electron chi connectivity index (χ2n) is 2.97. The minimum absolute atomic E-state index is 0.205. The van der Waals surface area contributed by atoms with Gasteiger partial charge in [-0.25, -0.2) is 4.98 Å². The highest BCUT2D eigenvalue weighted by atomic mass is 35.5. The standard InChI is InChI=1S/C11H10ClNO3/c1-16-5-4-9(14)6-10(15)8-2-3-11(12)13-7-8/h2-5,7H,6H2,1H3. The molecule has 5 heteroatoms. The molecule has 1 heterocycles. The largest absolute Gasteiger partial charge is 0.504 e. The lowest BCUT2D eigenvalue weighted by atomic mass is 10.1. The number of carbonyl (C=O) groups is 2. The maximum absolute atomic E-state index is 11.6. The smallest absolute Gasteiger partial charge is 0.172 e. The summed E-state index contributed by atoms with van der Waals surface area (Å²) in [6, 6.07) is 3.04. The number of allylic oxidation sites excluding steroid dienone is 1. The van der Waals surface area contributed by atoms with Crippen LogP contribution in [0.1, 0.15) is 16.8 Å². The summed E-state index contributed by atoms with van der Waals surface area (Å²) in [6.45, 7) is 0. The summed E-state index contributed by atoms with van der Waals surface area (Å²) in [7, 11) is 1.43. The molecular weight excluding hydrogens is 230 g/mol. The monoisotopic (exact) mass is 239 g/mol. The van der Waals surface area contributed by atoms with Crippen LogP contribution in [-0.2, 0) is 9.53 Å². The predicted molar refractivity (Wildman–Crippen MR) is 59.4 cm³/mol. The highest BCUT2D eigenvalue weighted by molar-refractivity contribution is 6.29. The Morgan fingerprint density at radius 3 is 2.81 bits per heavy atom. The normalized spacial score (nSPS) is 10.4. The number of rotatable bonds is 5. The van der Waals surface area contributed by atoms with Crippen molar-refractivity contribution in [2.45, 2.75) is 6.42 Å². The van der Waals surface area contributed by atoms with Crippen LogP contribution in [0, 0.1) is 0 Å². The van der Waals surface area contributed by atoms with Crippen molar-refractivity contribution in [3.63, 3.8) is 0 Å². The fourth-order valence-electron chi connectivity index (χ4n) is 1.00. The highest BCUT2D eigenvalue weighted by Crippen LogP contribution is 2.07. The highest BCUT2D eigenvalue weighted by Gasteiger charge is 2.10. The van der Waals surface area contributed by atoms with Crippen molar-refractivity contribution in [1.82, 2.24) is 4.98 Å². The summed E-state index contributed by atoms with van der Waals surface area (Å²) in [5, 5.41) is 0.308. The van der Waals surface area contributed by atoms with Gasteiger partial charge in [-0.2, -0.15) is 0 Å². The Kier molecular flexibility index (Phi) is 4.66. The lowest BCUT2D eigenvalue weighted by molar-refractivity contribution is -0.113. The molecule has 16 heavy (non-hydrogen) atoms. The van der Waals surface area contributed by atoms with E-state index in [1.165, 1.54) is 37.8 Å². The van der Waals surface area contributed by atoms with Crippen LogP contribution in [0.4, 0.5) is 0 Å².